The fraction of sp³-hybridized carbons (Fsp3) is 0.0714. The number of nitrogens with one attached hydrogen (secondary N) is 2. The first-order chi connectivity index (χ1) is 9.54. The fourth-order valence-corrected chi connectivity index (χ4v) is 1.72. The van der Waals surface area contributed by atoms with Crippen LogP contribution in [0.3, 0.4) is 0 Å². The molecule has 0 spiro atoms. The average Bonchev–Trinajstić information content (AvgIpc) is 2.88. The van der Waals surface area contributed by atoms with E-state index in [2.05, 4.69) is 15.3 Å². The zero-order valence-corrected chi connectivity index (χ0v) is 10.8. The van der Waals surface area contributed by atoms with Crippen LogP contribution in [0.2, 0.25) is 0 Å². The molecule has 2 rings (SSSR count). The number of rotatable bonds is 4. The third kappa shape index (κ3) is 3.55. The Morgan fingerprint density at radius 2 is 2.15 bits per heavy atom. The van der Waals surface area contributed by atoms with E-state index in [9.17, 15) is 9.59 Å². The van der Waals surface area contributed by atoms with Gasteiger partial charge in [-0.3, -0.25) is 10.1 Å². The number of imidazole rings is 1. The lowest BCUT2D eigenvalue weighted by atomic mass is 10.1. The number of aromatic nitrogens is 2. The van der Waals surface area contributed by atoms with Crippen LogP contribution in [-0.4, -0.2) is 27.0 Å². The second kappa shape index (κ2) is 5.83. The molecule has 6 nitrogen and oxygen atoms in total. The van der Waals surface area contributed by atoms with Gasteiger partial charge in [-0.2, -0.15) is 0 Å². The number of aromatic amines is 1. The second-order valence-electron chi connectivity index (χ2n) is 4.20. The van der Waals surface area contributed by atoms with Crippen LogP contribution in [0.5, 0.6) is 0 Å². The third-order valence-electron chi connectivity index (χ3n) is 2.51. The summed E-state index contributed by atoms with van der Waals surface area (Å²) in [5, 5.41) is 11.2. The van der Waals surface area contributed by atoms with E-state index in [-0.39, 0.29) is 5.91 Å². The minimum Gasteiger partial charge on any atom is -0.478 e. The Morgan fingerprint density at radius 1 is 1.35 bits per heavy atom. The van der Waals surface area contributed by atoms with Gasteiger partial charge in [-0.1, -0.05) is 6.07 Å². The molecule has 6 heteroatoms. The highest BCUT2D eigenvalue weighted by Crippen LogP contribution is 2.13. The molecule has 20 heavy (non-hydrogen) atoms. The highest BCUT2D eigenvalue weighted by molar-refractivity contribution is 6.03. The topological polar surface area (TPSA) is 95.1 Å². The molecular formula is C14H13N3O3. The van der Waals surface area contributed by atoms with Gasteiger partial charge >= 0.3 is 5.97 Å². The van der Waals surface area contributed by atoms with E-state index < -0.39 is 5.97 Å². The summed E-state index contributed by atoms with van der Waals surface area (Å²) in [6.07, 6.45) is 5.61. The van der Waals surface area contributed by atoms with Gasteiger partial charge in [-0.25, -0.2) is 9.78 Å². The van der Waals surface area contributed by atoms with Gasteiger partial charge < -0.3 is 10.1 Å². The van der Waals surface area contributed by atoms with E-state index in [1.165, 1.54) is 12.3 Å². The predicted octanol–water partition coefficient (Wildman–Crippen LogP) is 2.07. The first-order valence-electron chi connectivity index (χ1n) is 5.88. The molecule has 0 saturated carbocycles. The van der Waals surface area contributed by atoms with Crippen LogP contribution in [0.1, 0.15) is 21.5 Å². The van der Waals surface area contributed by atoms with Gasteiger partial charge in [-0.15, -0.1) is 0 Å². The van der Waals surface area contributed by atoms with Crippen LogP contribution in [0.15, 0.2) is 36.7 Å². The maximum Gasteiger partial charge on any atom is 0.328 e. The van der Waals surface area contributed by atoms with Crippen molar-refractivity contribution in [3.63, 3.8) is 0 Å². The van der Waals surface area contributed by atoms with E-state index in [4.69, 9.17) is 5.11 Å². The number of hydrogen-bond donors (Lipinski definition) is 3. The predicted molar refractivity (Wildman–Crippen MR) is 74.4 cm³/mol. The molecule has 0 saturated heterocycles. The van der Waals surface area contributed by atoms with Gasteiger partial charge in [0.15, 0.2) is 0 Å². The number of anilines is 1. The highest BCUT2D eigenvalue weighted by atomic mass is 16.4. The molecule has 1 aromatic carbocycles. The number of nitrogens with zero attached hydrogens (tertiary/aromatic N) is 1. The number of carbonyl (C=O) groups is 2. The fourth-order valence-electron chi connectivity index (χ4n) is 1.72. The molecule has 1 amide bonds. The number of amides is 1. The number of carboxylic acid groups (broad SMARTS) is 1. The number of aliphatic carboxylic acids is 1. The standard InChI is InChI=1S/C14H13N3O3/c1-9-6-10(2-3-12(18)19)8-11(7-9)13(20)17-14-15-4-5-16-14/h2-8H,1H3,(H,18,19)(H2,15,16,17,20)/b3-2+. The third-order valence-corrected chi connectivity index (χ3v) is 2.51. The monoisotopic (exact) mass is 271 g/mol. The molecule has 0 aliphatic heterocycles. The van der Waals surface area contributed by atoms with E-state index in [1.54, 1.807) is 24.4 Å². The number of benzene rings is 1. The van der Waals surface area contributed by atoms with Gasteiger partial charge in [0.25, 0.3) is 5.91 Å². The van der Waals surface area contributed by atoms with Crippen LogP contribution in [0, 0.1) is 6.92 Å². The lowest BCUT2D eigenvalue weighted by Crippen LogP contribution is -2.13. The summed E-state index contributed by atoms with van der Waals surface area (Å²) < 4.78 is 0. The van der Waals surface area contributed by atoms with Crippen molar-refractivity contribution >= 4 is 23.9 Å². The summed E-state index contributed by atoms with van der Waals surface area (Å²) in [7, 11) is 0. The van der Waals surface area contributed by atoms with Crippen LogP contribution in [0.4, 0.5) is 5.95 Å². The van der Waals surface area contributed by atoms with Crippen molar-refractivity contribution < 1.29 is 14.7 Å². The molecule has 0 unspecified atom stereocenters. The van der Waals surface area contributed by atoms with Crippen molar-refractivity contribution in [2.24, 2.45) is 0 Å². The van der Waals surface area contributed by atoms with Crippen LogP contribution in [-0.2, 0) is 4.79 Å². The number of carboxylic acids is 1. The number of hydrogen-bond acceptors (Lipinski definition) is 3. The molecule has 1 aromatic heterocycles. The van der Waals surface area contributed by atoms with E-state index in [0.29, 0.717) is 17.1 Å². The van der Waals surface area contributed by atoms with Crippen molar-refractivity contribution in [1.82, 2.24) is 9.97 Å². The van der Waals surface area contributed by atoms with Gasteiger partial charge in [0.1, 0.15) is 0 Å². The average molecular weight is 271 g/mol. The molecule has 0 aliphatic rings. The Labute approximate surface area is 115 Å². The van der Waals surface area contributed by atoms with Gasteiger partial charge in [0.2, 0.25) is 5.95 Å². The molecule has 2 aromatic rings. The quantitative estimate of drug-likeness (QED) is 0.742. The smallest absolute Gasteiger partial charge is 0.328 e. The maximum atomic E-state index is 12.0. The minimum atomic E-state index is -1.03. The van der Waals surface area contributed by atoms with Crippen molar-refractivity contribution in [1.29, 1.82) is 0 Å². The lowest BCUT2D eigenvalue weighted by molar-refractivity contribution is -0.131. The zero-order chi connectivity index (χ0) is 14.5. The number of carbonyl (C=O) groups excluding carboxylic acids is 1. The lowest BCUT2D eigenvalue weighted by Gasteiger charge is -2.05. The summed E-state index contributed by atoms with van der Waals surface area (Å²) in [6.45, 7) is 1.84. The summed E-state index contributed by atoms with van der Waals surface area (Å²) in [5.74, 6) is -0.985. The van der Waals surface area contributed by atoms with E-state index in [1.807, 2.05) is 6.92 Å². The van der Waals surface area contributed by atoms with E-state index >= 15 is 0 Å². The summed E-state index contributed by atoms with van der Waals surface area (Å²) in [6, 6.07) is 5.13. The summed E-state index contributed by atoms with van der Waals surface area (Å²) in [4.78, 5) is 29.2. The SMILES string of the molecule is Cc1cc(/C=C/C(=O)O)cc(C(=O)Nc2ncc[nH]2)c1. The molecule has 0 bridgehead atoms. The molecule has 0 aliphatic carbocycles. The molecule has 102 valence electrons. The first kappa shape index (κ1) is 13.5. The minimum absolute atomic E-state index is 0.311. The van der Waals surface area contributed by atoms with Crippen LogP contribution < -0.4 is 5.32 Å². The van der Waals surface area contributed by atoms with Crippen LogP contribution in [0.25, 0.3) is 6.08 Å². The largest absolute Gasteiger partial charge is 0.478 e. The normalized spacial score (nSPS) is 10.7. The summed E-state index contributed by atoms with van der Waals surface area (Å²) in [5.41, 5.74) is 1.95. The zero-order valence-electron chi connectivity index (χ0n) is 10.8. The molecular weight excluding hydrogens is 258 g/mol. The molecule has 0 radical (unpaired) electrons. The first-order valence-corrected chi connectivity index (χ1v) is 5.88. The second-order valence-corrected chi connectivity index (χ2v) is 4.20. The van der Waals surface area contributed by atoms with Gasteiger partial charge in [0, 0.05) is 24.0 Å². The maximum absolute atomic E-state index is 12.0. The Bertz CT molecular complexity index is 660. The molecule has 0 atom stereocenters. The summed E-state index contributed by atoms with van der Waals surface area (Å²) >= 11 is 0. The van der Waals surface area contributed by atoms with Gasteiger partial charge in [-0.05, 0) is 36.3 Å². The number of aryl methyl sites for hydroxylation is 1. The van der Waals surface area contributed by atoms with Crippen molar-refractivity contribution in [2.45, 2.75) is 6.92 Å². The molecule has 3 N–H and O–H groups in total. The van der Waals surface area contributed by atoms with Crippen molar-refractivity contribution in [2.75, 3.05) is 5.32 Å². The Kier molecular flexibility index (Phi) is 3.95. The highest BCUT2D eigenvalue weighted by Gasteiger charge is 2.08. The van der Waals surface area contributed by atoms with Crippen molar-refractivity contribution in [3.8, 4) is 0 Å². The van der Waals surface area contributed by atoms with Gasteiger partial charge in [0.05, 0.1) is 0 Å². The van der Waals surface area contributed by atoms with Crippen LogP contribution >= 0.6 is 0 Å². The Morgan fingerprint density at radius 3 is 2.80 bits per heavy atom. The Hall–Kier alpha value is -2.89. The molecule has 1 heterocycles. The van der Waals surface area contributed by atoms with Crippen molar-refractivity contribution in [3.05, 3.63) is 53.4 Å². The molecule has 0 fully saturated rings. The van der Waals surface area contributed by atoms with E-state index in [0.717, 1.165) is 11.6 Å². The number of H-pyrrole nitrogens is 1. The Balaban J connectivity index is 2.23.